The minimum absolute atomic E-state index is 0.496. The molecule has 8 nitrogen and oxygen atoms in total. The van der Waals surface area contributed by atoms with Gasteiger partial charge in [0.15, 0.2) is 11.8 Å². The van der Waals surface area contributed by atoms with E-state index in [1.807, 2.05) is 18.5 Å². The summed E-state index contributed by atoms with van der Waals surface area (Å²) >= 11 is 0. The van der Waals surface area contributed by atoms with Crippen LogP contribution in [0.15, 0.2) is 29.3 Å². The molecule has 31 heavy (non-hydrogen) atoms. The van der Waals surface area contributed by atoms with Gasteiger partial charge in [0.2, 0.25) is 0 Å². The standard InChI is InChI=1S/C23H35N7O/c1-18-27-28-22(29(18)2)16-25-23(26-21-9-5-6-10-21)24-15-19-7-3-4-8-20(19)17-30-11-13-31-14-12-30/h3-4,7-8,21H,5-6,9-17H2,1-2H3,(H2,24,25,26). The molecule has 0 atom stereocenters. The first-order valence-corrected chi connectivity index (χ1v) is 11.5. The van der Waals surface area contributed by atoms with Gasteiger partial charge in [0.25, 0.3) is 0 Å². The summed E-state index contributed by atoms with van der Waals surface area (Å²) in [7, 11) is 2.00. The van der Waals surface area contributed by atoms with Crippen LogP contribution in [0.5, 0.6) is 0 Å². The van der Waals surface area contributed by atoms with Gasteiger partial charge in [0, 0.05) is 32.7 Å². The number of benzene rings is 1. The summed E-state index contributed by atoms with van der Waals surface area (Å²) in [4.78, 5) is 7.41. The van der Waals surface area contributed by atoms with Crippen LogP contribution in [0, 0.1) is 6.92 Å². The van der Waals surface area contributed by atoms with Gasteiger partial charge in [-0.25, -0.2) is 4.99 Å². The van der Waals surface area contributed by atoms with Crippen molar-refractivity contribution >= 4 is 5.96 Å². The number of aryl methyl sites for hydroxylation is 1. The van der Waals surface area contributed by atoms with E-state index in [2.05, 4.69) is 50.0 Å². The highest BCUT2D eigenvalue weighted by molar-refractivity contribution is 5.80. The highest BCUT2D eigenvalue weighted by Gasteiger charge is 2.17. The predicted octanol–water partition coefficient (Wildman–Crippen LogP) is 2.13. The molecule has 2 aliphatic rings. The van der Waals surface area contributed by atoms with Crippen molar-refractivity contribution in [2.75, 3.05) is 26.3 Å². The van der Waals surface area contributed by atoms with Crippen LogP contribution in [0.3, 0.4) is 0 Å². The maximum atomic E-state index is 5.49. The van der Waals surface area contributed by atoms with E-state index in [9.17, 15) is 0 Å². The Morgan fingerprint density at radius 1 is 1.13 bits per heavy atom. The quantitative estimate of drug-likeness (QED) is 0.523. The van der Waals surface area contributed by atoms with Gasteiger partial charge in [0.1, 0.15) is 5.82 Å². The monoisotopic (exact) mass is 425 g/mol. The minimum Gasteiger partial charge on any atom is -0.379 e. The second-order valence-corrected chi connectivity index (χ2v) is 8.52. The number of ether oxygens (including phenoxy) is 1. The van der Waals surface area contributed by atoms with Gasteiger partial charge in [-0.1, -0.05) is 37.1 Å². The van der Waals surface area contributed by atoms with Crippen molar-refractivity contribution in [1.82, 2.24) is 30.3 Å². The van der Waals surface area contributed by atoms with Gasteiger partial charge in [0.05, 0.1) is 26.3 Å². The van der Waals surface area contributed by atoms with Crippen LogP contribution < -0.4 is 10.6 Å². The van der Waals surface area contributed by atoms with Gasteiger partial charge < -0.3 is 19.9 Å². The topological polar surface area (TPSA) is 79.6 Å². The van der Waals surface area contributed by atoms with E-state index >= 15 is 0 Å². The Bertz CT molecular complexity index is 867. The number of morpholine rings is 1. The van der Waals surface area contributed by atoms with Crippen LogP contribution in [0.1, 0.15) is 48.5 Å². The molecule has 0 radical (unpaired) electrons. The first kappa shape index (κ1) is 21.8. The Balaban J connectivity index is 1.44. The fourth-order valence-corrected chi connectivity index (χ4v) is 4.21. The molecule has 1 saturated carbocycles. The van der Waals surface area contributed by atoms with Crippen LogP contribution in [-0.2, 0) is 31.4 Å². The van der Waals surface area contributed by atoms with Crippen molar-refractivity contribution in [3.8, 4) is 0 Å². The van der Waals surface area contributed by atoms with Crippen LogP contribution >= 0.6 is 0 Å². The predicted molar refractivity (Wildman–Crippen MR) is 122 cm³/mol. The molecule has 0 amide bonds. The maximum Gasteiger partial charge on any atom is 0.192 e. The fraction of sp³-hybridized carbons (Fsp3) is 0.609. The Kier molecular flexibility index (Phi) is 7.53. The summed E-state index contributed by atoms with van der Waals surface area (Å²) in [5.41, 5.74) is 2.62. The van der Waals surface area contributed by atoms with E-state index in [1.54, 1.807) is 0 Å². The van der Waals surface area contributed by atoms with Crippen molar-refractivity contribution in [2.45, 2.75) is 58.3 Å². The number of aliphatic imine (C=N–C) groups is 1. The van der Waals surface area contributed by atoms with Crippen molar-refractivity contribution in [1.29, 1.82) is 0 Å². The number of nitrogens with one attached hydrogen (secondary N) is 2. The molecule has 0 bridgehead atoms. The van der Waals surface area contributed by atoms with Crippen molar-refractivity contribution in [2.24, 2.45) is 12.0 Å². The van der Waals surface area contributed by atoms with E-state index < -0.39 is 0 Å². The number of aromatic nitrogens is 3. The first-order valence-electron chi connectivity index (χ1n) is 11.5. The highest BCUT2D eigenvalue weighted by atomic mass is 16.5. The Hall–Kier alpha value is -2.45. The van der Waals surface area contributed by atoms with Crippen LogP contribution in [0.2, 0.25) is 0 Å². The third-order valence-electron chi connectivity index (χ3n) is 6.32. The molecule has 1 aliphatic carbocycles. The molecule has 2 heterocycles. The number of rotatable bonds is 7. The summed E-state index contributed by atoms with van der Waals surface area (Å²) in [6, 6.07) is 9.14. The molecule has 4 rings (SSSR count). The van der Waals surface area contributed by atoms with E-state index in [-0.39, 0.29) is 0 Å². The molecule has 2 N–H and O–H groups in total. The summed E-state index contributed by atoms with van der Waals surface area (Å²) in [5.74, 6) is 2.68. The molecular formula is C23H35N7O. The lowest BCUT2D eigenvalue weighted by atomic mass is 10.1. The largest absolute Gasteiger partial charge is 0.379 e. The molecule has 2 fully saturated rings. The second-order valence-electron chi connectivity index (χ2n) is 8.52. The zero-order chi connectivity index (χ0) is 21.5. The first-order chi connectivity index (χ1) is 15.2. The third kappa shape index (κ3) is 6.04. The lowest BCUT2D eigenvalue weighted by molar-refractivity contribution is 0.0341. The number of guanidine groups is 1. The van der Waals surface area contributed by atoms with Gasteiger partial charge in [-0.15, -0.1) is 10.2 Å². The van der Waals surface area contributed by atoms with Crippen molar-refractivity contribution in [3.05, 3.63) is 47.0 Å². The van der Waals surface area contributed by atoms with Crippen molar-refractivity contribution < 1.29 is 4.74 Å². The molecule has 1 aromatic heterocycles. The van der Waals surface area contributed by atoms with E-state index in [4.69, 9.17) is 9.73 Å². The van der Waals surface area contributed by atoms with E-state index in [0.717, 1.165) is 50.5 Å². The van der Waals surface area contributed by atoms with Gasteiger partial charge >= 0.3 is 0 Å². The molecule has 0 unspecified atom stereocenters. The van der Waals surface area contributed by atoms with Crippen LogP contribution in [-0.4, -0.2) is 58.0 Å². The number of hydrogen-bond acceptors (Lipinski definition) is 5. The SMILES string of the molecule is Cc1nnc(CNC(=NCc2ccccc2CN2CCOCC2)NC2CCCC2)n1C. The average molecular weight is 426 g/mol. The van der Waals surface area contributed by atoms with E-state index in [0.29, 0.717) is 19.1 Å². The second kappa shape index (κ2) is 10.7. The molecule has 0 spiro atoms. The smallest absolute Gasteiger partial charge is 0.192 e. The molecule has 2 aromatic rings. The molecule has 8 heteroatoms. The summed E-state index contributed by atoms with van der Waals surface area (Å²) in [6.07, 6.45) is 4.99. The molecule has 1 saturated heterocycles. The third-order valence-corrected chi connectivity index (χ3v) is 6.32. The van der Waals surface area contributed by atoms with Gasteiger partial charge in [-0.05, 0) is 30.9 Å². The Morgan fingerprint density at radius 3 is 2.58 bits per heavy atom. The lowest BCUT2D eigenvalue weighted by Gasteiger charge is -2.27. The van der Waals surface area contributed by atoms with Crippen molar-refractivity contribution in [3.63, 3.8) is 0 Å². The molecular weight excluding hydrogens is 390 g/mol. The summed E-state index contributed by atoms with van der Waals surface area (Å²) < 4.78 is 7.50. The summed E-state index contributed by atoms with van der Waals surface area (Å²) in [6.45, 7) is 7.80. The molecule has 1 aliphatic heterocycles. The Morgan fingerprint density at radius 2 is 1.87 bits per heavy atom. The normalized spacial score (nSPS) is 18.5. The summed E-state index contributed by atoms with van der Waals surface area (Å²) in [5, 5.41) is 15.5. The molecule has 168 valence electrons. The number of nitrogens with zero attached hydrogens (tertiary/aromatic N) is 5. The zero-order valence-electron chi connectivity index (χ0n) is 18.8. The minimum atomic E-state index is 0.496. The fourth-order valence-electron chi connectivity index (χ4n) is 4.21. The highest BCUT2D eigenvalue weighted by Crippen LogP contribution is 2.18. The lowest BCUT2D eigenvalue weighted by Crippen LogP contribution is -2.42. The average Bonchev–Trinajstić information content (AvgIpc) is 3.42. The Labute approximate surface area is 185 Å². The van der Waals surface area contributed by atoms with Gasteiger partial charge in [-0.2, -0.15) is 0 Å². The van der Waals surface area contributed by atoms with Crippen LogP contribution in [0.4, 0.5) is 0 Å². The maximum absolute atomic E-state index is 5.49. The van der Waals surface area contributed by atoms with Gasteiger partial charge in [-0.3, -0.25) is 4.90 Å². The van der Waals surface area contributed by atoms with Crippen LogP contribution in [0.25, 0.3) is 0 Å². The molecule has 1 aromatic carbocycles. The number of hydrogen-bond donors (Lipinski definition) is 2. The zero-order valence-corrected chi connectivity index (χ0v) is 18.8. The van der Waals surface area contributed by atoms with E-state index in [1.165, 1.54) is 36.8 Å².